The molecule has 10 heteroatoms. The van der Waals surface area contributed by atoms with Gasteiger partial charge in [-0.25, -0.2) is 9.48 Å². The molecule has 0 saturated heterocycles. The Labute approximate surface area is 134 Å². The highest BCUT2D eigenvalue weighted by Crippen LogP contribution is 2.35. The van der Waals surface area contributed by atoms with Crippen molar-refractivity contribution in [2.45, 2.75) is 19.3 Å². The van der Waals surface area contributed by atoms with E-state index in [1.807, 2.05) is 0 Å². The third-order valence-corrected chi connectivity index (χ3v) is 3.25. The molecular weight excluding hydrogens is 335 g/mol. The van der Waals surface area contributed by atoms with Gasteiger partial charge < -0.3 is 10.6 Å². The molecule has 124 valence electrons. The van der Waals surface area contributed by atoms with Crippen LogP contribution in [0.25, 0.3) is 0 Å². The second kappa shape index (κ2) is 6.86. The highest BCUT2D eigenvalue weighted by molar-refractivity contribution is 6.31. The Morgan fingerprint density at radius 3 is 2.78 bits per heavy atom. The maximum absolute atomic E-state index is 12.8. The van der Waals surface area contributed by atoms with Crippen molar-refractivity contribution in [2.24, 2.45) is 0 Å². The molecule has 2 rings (SSSR count). The second-order valence-corrected chi connectivity index (χ2v) is 5.06. The van der Waals surface area contributed by atoms with Crippen LogP contribution in [0.4, 0.5) is 18.0 Å². The van der Waals surface area contributed by atoms with Crippen LogP contribution in [0.5, 0.6) is 0 Å². The van der Waals surface area contributed by atoms with Crippen molar-refractivity contribution in [2.75, 3.05) is 7.05 Å². The molecule has 2 N–H and O–H groups in total. The fraction of sp³-hybridized carbons (Fsp3) is 0.308. The van der Waals surface area contributed by atoms with Gasteiger partial charge in [0, 0.05) is 7.05 Å². The van der Waals surface area contributed by atoms with E-state index in [9.17, 15) is 18.0 Å². The summed E-state index contributed by atoms with van der Waals surface area (Å²) in [6, 6.07) is 3.30. The van der Waals surface area contributed by atoms with Gasteiger partial charge in [-0.05, 0) is 17.7 Å². The zero-order valence-electron chi connectivity index (χ0n) is 12.0. The van der Waals surface area contributed by atoms with Gasteiger partial charge in [0.25, 0.3) is 0 Å². The lowest BCUT2D eigenvalue weighted by Gasteiger charge is -2.10. The second-order valence-electron chi connectivity index (χ2n) is 4.65. The number of urea groups is 1. The van der Waals surface area contributed by atoms with Gasteiger partial charge in [0.05, 0.1) is 29.9 Å². The Bertz CT molecular complexity index is 701. The van der Waals surface area contributed by atoms with Crippen LogP contribution in [0, 0.1) is 0 Å². The number of carbonyl (C=O) groups is 1. The van der Waals surface area contributed by atoms with Crippen LogP contribution >= 0.6 is 11.6 Å². The number of carbonyl (C=O) groups excluding carboxylic acids is 1. The zero-order valence-corrected chi connectivity index (χ0v) is 12.7. The number of aromatic nitrogens is 3. The monoisotopic (exact) mass is 347 g/mol. The molecule has 0 aliphatic carbocycles. The first-order valence-electron chi connectivity index (χ1n) is 6.50. The number of hydrogen-bond donors (Lipinski definition) is 2. The highest BCUT2D eigenvalue weighted by Gasteiger charge is 2.33. The summed E-state index contributed by atoms with van der Waals surface area (Å²) in [5.41, 5.74) is -0.0191. The van der Waals surface area contributed by atoms with Gasteiger partial charge in [-0.2, -0.15) is 13.2 Å². The molecule has 0 fully saturated rings. The van der Waals surface area contributed by atoms with Crippen molar-refractivity contribution in [1.82, 2.24) is 25.6 Å². The summed E-state index contributed by atoms with van der Waals surface area (Å²) >= 11 is 5.57. The molecule has 6 nitrogen and oxygen atoms in total. The van der Waals surface area contributed by atoms with Crippen molar-refractivity contribution >= 4 is 17.6 Å². The van der Waals surface area contributed by atoms with E-state index in [-0.39, 0.29) is 24.1 Å². The number of halogens is 4. The molecule has 2 aromatic rings. The molecule has 0 unspecified atom stereocenters. The molecule has 0 atom stereocenters. The number of nitrogens with one attached hydrogen (secondary N) is 2. The Balaban J connectivity index is 2.08. The van der Waals surface area contributed by atoms with Gasteiger partial charge in [-0.3, -0.25) is 0 Å². The van der Waals surface area contributed by atoms with Gasteiger partial charge in [-0.1, -0.05) is 22.9 Å². The van der Waals surface area contributed by atoms with E-state index in [2.05, 4.69) is 20.9 Å². The predicted octanol–water partition coefficient (Wildman–Crippen LogP) is 2.43. The first-order valence-corrected chi connectivity index (χ1v) is 6.87. The Morgan fingerprint density at radius 1 is 1.39 bits per heavy atom. The average molecular weight is 348 g/mol. The predicted molar refractivity (Wildman–Crippen MR) is 76.9 cm³/mol. The molecular formula is C13H13ClF3N5O. The van der Waals surface area contributed by atoms with Crippen LogP contribution < -0.4 is 10.6 Å². The molecule has 0 saturated carbocycles. The standard InChI is InChI=1S/C13H13ClF3N5O/c1-18-12(23)19-5-9-7-22(21-20-9)6-8-2-3-11(14)10(4-8)13(15,16)17/h2-4,7H,5-6H2,1H3,(H2,18,19,23). The highest BCUT2D eigenvalue weighted by atomic mass is 35.5. The zero-order chi connectivity index (χ0) is 17.0. The van der Waals surface area contributed by atoms with Gasteiger partial charge in [0.2, 0.25) is 0 Å². The lowest BCUT2D eigenvalue weighted by Crippen LogP contribution is -2.32. The largest absolute Gasteiger partial charge is 0.417 e. The number of rotatable bonds is 4. The maximum atomic E-state index is 12.8. The maximum Gasteiger partial charge on any atom is 0.417 e. The van der Waals surface area contributed by atoms with Crippen molar-refractivity contribution in [3.8, 4) is 0 Å². The lowest BCUT2D eigenvalue weighted by molar-refractivity contribution is -0.137. The van der Waals surface area contributed by atoms with Gasteiger partial charge >= 0.3 is 12.2 Å². The number of hydrogen-bond acceptors (Lipinski definition) is 3. The molecule has 2 amide bonds. The van der Waals surface area contributed by atoms with Crippen LogP contribution in [-0.2, 0) is 19.3 Å². The summed E-state index contributed by atoms with van der Waals surface area (Å²) in [7, 11) is 1.48. The minimum absolute atomic E-state index is 0.104. The fourth-order valence-electron chi connectivity index (χ4n) is 1.83. The number of benzene rings is 1. The average Bonchev–Trinajstić information content (AvgIpc) is 2.93. The summed E-state index contributed by atoms with van der Waals surface area (Å²) in [5, 5.41) is 12.2. The molecule has 0 bridgehead atoms. The Morgan fingerprint density at radius 2 is 2.13 bits per heavy atom. The third kappa shape index (κ3) is 4.59. The number of alkyl halides is 3. The van der Waals surface area contributed by atoms with E-state index >= 15 is 0 Å². The topological polar surface area (TPSA) is 71.8 Å². The summed E-state index contributed by atoms with van der Waals surface area (Å²) in [4.78, 5) is 11.1. The van der Waals surface area contributed by atoms with Gasteiger partial charge in [0.15, 0.2) is 0 Å². The fourth-order valence-corrected chi connectivity index (χ4v) is 2.06. The smallest absolute Gasteiger partial charge is 0.341 e. The van der Waals surface area contributed by atoms with E-state index < -0.39 is 11.7 Å². The molecule has 0 radical (unpaired) electrons. The summed E-state index contributed by atoms with van der Waals surface area (Å²) in [5.74, 6) is 0. The molecule has 1 aromatic heterocycles. The lowest BCUT2D eigenvalue weighted by atomic mass is 10.1. The first kappa shape index (κ1) is 17.1. The molecule has 1 heterocycles. The molecule has 0 spiro atoms. The van der Waals surface area contributed by atoms with Crippen LogP contribution in [0.2, 0.25) is 5.02 Å². The van der Waals surface area contributed by atoms with Crippen molar-refractivity contribution < 1.29 is 18.0 Å². The van der Waals surface area contributed by atoms with E-state index in [4.69, 9.17) is 11.6 Å². The summed E-state index contributed by atoms with van der Waals surface area (Å²) in [6.45, 7) is 0.265. The van der Waals surface area contributed by atoms with Crippen molar-refractivity contribution in [3.05, 3.63) is 46.2 Å². The van der Waals surface area contributed by atoms with E-state index in [0.717, 1.165) is 6.07 Å². The summed E-state index contributed by atoms with van der Waals surface area (Å²) in [6.07, 6.45) is -2.98. The first-order chi connectivity index (χ1) is 10.8. The SMILES string of the molecule is CNC(=O)NCc1cn(Cc2ccc(Cl)c(C(F)(F)F)c2)nn1. The third-order valence-electron chi connectivity index (χ3n) is 2.92. The number of amides is 2. The quantitative estimate of drug-likeness (QED) is 0.892. The van der Waals surface area contributed by atoms with Crippen molar-refractivity contribution in [3.63, 3.8) is 0 Å². The molecule has 1 aromatic carbocycles. The van der Waals surface area contributed by atoms with E-state index in [0.29, 0.717) is 11.3 Å². The van der Waals surface area contributed by atoms with Gasteiger partial charge in [-0.15, -0.1) is 5.10 Å². The van der Waals surface area contributed by atoms with Gasteiger partial charge in [0.1, 0.15) is 5.69 Å². The number of nitrogens with zero attached hydrogens (tertiary/aromatic N) is 3. The Hall–Kier alpha value is -2.29. The molecule has 0 aliphatic rings. The minimum atomic E-state index is -4.52. The Kier molecular flexibility index (Phi) is 5.09. The van der Waals surface area contributed by atoms with Crippen LogP contribution in [0.1, 0.15) is 16.8 Å². The van der Waals surface area contributed by atoms with Crippen LogP contribution in [0.3, 0.4) is 0 Å². The molecule has 0 aliphatic heterocycles. The van der Waals surface area contributed by atoms with E-state index in [1.54, 1.807) is 0 Å². The van der Waals surface area contributed by atoms with Crippen molar-refractivity contribution in [1.29, 1.82) is 0 Å². The van der Waals surface area contributed by atoms with Crippen LogP contribution in [0.15, 0.2) is 24.4 Å². The minimum Gasteiger partial charge on any atom is -0.341 e. The van der Waals surface area contributed by atoms with E-state index in [1.165, 1.54) is 30.1 Å². The summed E-state index contributed by atoms with van der Waals surface area (Å²) < 4.78 is 39.8. The normalized spacial score (nSPS) is 11.3. The molecule has 23 heavy (non-hydrogen) atoms. The van der Waals surface area contributed by atoms with Crippen LogP contribution in [-0.4, -0.2) is 28.1 Å².